The molecule has 0 atom stereocenters. The van der Waals surface area contributed by atoms with Crippen molar-refractivity contribution in [3.63, 3.8) is 0 Å². The molecule has 0 aromatic heterocycles. The van der Waals surface area contributed by atoms with Gasteiger partial charge in [0.1, 0.15) is 0 Å². The molecule has 0 radical (unpaired) electrons. The van der Waals surface area contributed by atoms with Crippen molar-refractivity contribution in [2.45, 2.75) is 0 Å². The summed E-state index contributed by atoms with van der Waals surface area (Å²) in [5.41, 5.74) is -1.05. The van der Waals surface area contributed by atoms with Gasteiger partial charge in [-0.15, -0.1) is 0 Å². The second-order valence-corrected chi connectivity index (χ2v) is 9.89. The molecule has 9 aromatic carbocycles. The van der Waals surface area contributed by atoms with E-state index in [9.17, 15) is 9.60 Å². The molecular formula is C44H28. The molecule has 0 heteroatoms. The molecule has 0 unspecified atom stereocenters. The van der Waals surface area contributed by atoms with Crippen LogP contribution in [0.25, 0.3) is 87.2 Å². The maximum absolute atomic E-state index is 9.39. The van der Waals surface area contributed by atoms with Crippen LogP contribution in [-0.2, 0) is 0 Å². The van der Waals surface area contributed by atoms with Crippen molar-refractivity contribution in [2.24, 2.45) is 0 Å². The SMILES string of the molecule is [2H]c1cc([2H])c2c(-c3c([2H])c([2H])c4c([2H])c([2H])c([2H])c([2H])c4c3[2H])c3c([2H])c([2H])c([2H])c([2H])c3c(-c3ccc(-c4c([2H])c([2H])c5c(c4[2H])c([2H])c([2H])c4c([2H])c([2H])c([2H])c([2H])c45)cc3)c2c1[2H]. The van der Waals surface area contributed by atoms with Crippen LogP contribution in [0.5, 0.6) is 0 Å². The zero-order valence-corrected chi connectivity index (χ0v) is 22.4. The summed E-state index contributed by atoms with van der Waals surface area (Å²) in [6.45, 7) is 0. The third kappa shape index (κ3) is 3.92. The molecule has 0 spiro atoms. The maximum Gasteiger partial charge on any atom is 0.0636 e. The van der Waals surface area contributed by atoms with E-state index in [0.29, 0.717) is 0 Å². The Bertz CT molecular complexity index is 3820. The minimum atomic E-state index is -0.779. The van der Waals surface area contributed by atoms with Gasteiger partial charge in [0.2, 0.25) is 0 Å². The molecule has 0 aliphatic heterocycles. The lowest BCUT2D eigenvalue weighted by Crippen LogP contribution is -1.91. The summed E-state index contributed by atoms with van der Waals surface area (Å²) in [5.74, 6) is 0. The highest BCUT2D eigenvalue weighted by molar-refractivity contribution is 6.21. The molecular weight excluding hydrogens is 528 g/mol. The highest BCUT2D eigenvalue weighted by Gasteiger charge is 2.17. The maximum atomic E-state index is 9.39. The monoisotopic (exact) mass is 579 g/mol. The molecule has 9 aromatic rings. The fourth-order valence-corrected chi connectivity index (χ4v) is 5.47. The molecule has 0 aliphatic rings. The summed E-state index contributed by atoms with van der Waals surface area (Å²) in [5, 5.41) is -3.39. The van der Waals surface area contributed by atoms with E-state index in [1.165, 1.54) is 24.3 Å². The van der Waals surface area contributed by atoms with E-state index < -0.39 is 155 Å². The Balaban J connectivity index is 1.41. The minimum absolute atomic E-state index is 0.0946. The molecule has 0 saturated carbocycles. The predicted molar refractivity (Wildman–Crippen MR) is 190 cm³/mol. The lowest BCUT2D eigenvalue weighted by Gasteiger charge is -2.18. The van der Waals surface area contributed by atoms with Crippen molar-refractivity contribution in [2.75, 3.05) is 0 Å². The van der Waals surface area contributed by atoms with Gasteiger partial charge in [-0.25, -0.2) is 0 Å². The summed E-state index contributed by atoms with van der Waals surface area (Å²) in [7, 11) is 0. The van der Waals surface area contributed by atoms with Crippen molar-refractivity contribution >= 4 is 53.9 Å². The fourth-order valence-electron chi connectivity index (χ4n) is 5.47. The number of fused-ring (bicyclic) bond motifs is 6. The number of hydrogen-bond donors (Lipinski definition) is 0. The van der Waals surface area contributed by atoms with Crippen LogP contribution in [0.2, 0.25) is 0 Å². The van der Waals surface area contributed by atoms with Gasteiger partial charge in [-0.05, 0) is 99.3 Å². The molecule has 0 saturated heterocycles. The third-order valence-electron chi connectivity index (χ3n) is 7.45. The Labute approximate surface area is 288 Å². The first-order valence-electron chi connectivity index (χ1n) is 24.9. The number of hydrogen-bond acceptors (Lipinski definition) is 0. The Kier molecular flexibility index (Phi) is 2.50. The average Bonchev–Trinajstić information content (AvgIpc) is 3.29. The summed E-state index contributed by atoms with van der Waals surface area (Å²) >= 11 is 0. The van der Waals surface area contributed by atoms with Crippen LogP contribution in [-0.4, -0.2) is 0 Å². The van der Waals surface area contributed by atoms with E-state index in [2.05, 4.69) is 0 Å². The van der Waals surface area contributed by atoms with E-state index in [-0.39, 0.29) is 70.9 Å². The van der Waals surface area contributed by atoms with Crippen LogP contribution in [0.4, 0.5) is 0 Å². The fraction of sp³-hybridized carbons (Fsp3) is 0. The lowest BCUT2D eigenvalue weighted by molar-refractivity contribution is 1.63. The molecule has 0 fully saturated rings. The molecule has 0 bridgehead atoms. The molecule has 0 N–H and O–H groups in total. The Morgan fingerprint density at radius 3 is 1.59 bits per heavy atom. The van der Waals surface area contributed by atoms with E-state index in [1.54, 1.807) is 0 Å². The van der Waals surface area contributed by atoms with Gasteiger partial charge < -0.3 is 0 Å². The Morgan fingerprint density at radius 2 is 0.795 bits per heavy atom. The molecule has 0 heterocycles. The minimum Gasteiger partial charge on any atom is -0.0616 e. The first-order valence-corrected chi connectivity index (χ1v) is 13.4. The van der Waals surface area contributed by atoms with Crippen molar-refractivity contribution < 1.29 is 31.5 Å². The van der Waals surface area contributed by atoms with Gasteiger partial charge in [0.25, 0.3) is 0 Å². The first kappa shape index (κ1) is 11.1. The topological polar surface area (TPSA) is 0 Å². The zero-order valence-electron chi connectivity index (χ0n) is 45.4. The third-order valence-corrected chi connectivity index (χ3v) is 7.45. The van der Waals surface area contributed by atoms with Gasteiger partial charge in [0.05, 0.1) is 31.5 Å². The second kappa shape index (κ2) is 9.93. The van der Waals surface area contributed by atoms with Gasteiger partial charge in [0, 0.05) is 0 Å². The largest absolute Gasteiger partial charge is 0.0636 e. The van der Waals surface area contributed by atoms with Crippen molar-refractivity contribution in [1.29, 1.82) is 0 Å². The lowest BCUT2D eigenvalue weighted by atomic mass is 9.85. The van der Waals surface area contributed by atoms with Gasteiger partial charge >= 0.3 is 0 Å². The van der Waals surface area contributed by atoms with Gasteiger partial charge in [-0.1, -0.05) is 157 Å². The number of benzene rings is 9. The van der Waals surface area contributed by atoms with E-state index in [0.717, 1.165) is 6.07 Å². The summed E-state index contributed by atoms with van der Waals surface area (Å²) in [6, 6.07) is -8.55. The molecule has 9 rings (SSSR count). The highest BCUT2D eigenvalue weighted by Crippen LogP contribution is 2.44. The van der Waals surface area contributed by atoms with Crippen LogP contribution in [0, 0.1) is 0 Å². The van der Waals surface area contributed by atoms with Crippen molar-refractivity contribution in [3.8, 4) is 33.4 Å². The molecule has 44 heavy (non-hydrogen) atoms. The van der Waals surface area contributed by atoms with Crippen LogP contribution >= 0.6 is 0 Å². The van der Waals surface area contributed by atoms with Crippen molar-refractivity contribution in [3.05, 3.63) is 169 Å². The number of rotatable bonds is 3. The summed E-state index contributed by atoms with van der Waals surface area (Å²) < 4.78 is 203. The van der Waals surface area contributed by atoms with Crippen LogP contribution in [0.1, 0.15) is 31.5 Å². The zero-order chi connectivity index (χ0) is 49.1. The molecule has 0 nitrogen and oxygen atoms in total. The van der Waals surface area contributed by atoms with Gasteiger partial charge in [0.15, 0.2) is 0 Å². The standard InChI is InChI=1S/C44H28/c1-2-11-33-28-36(24-19-29(33)9-1)44-41-15-7-5-13-39(41)43(40-14-6-8-16-42(40)44)32-21-17-30(18-22-32)34-25-26-38-35(27-34)23-20-31-10-3-4-12-37(31)38/h1-28H/i1D,2D,3D,4D,5D,6D,7D,9D,10D,11D,12D,13D,14D,15D,16D,19D,20D,23D,24D,25D,26D,27D,28D. The second-order valence-electron chi connectivity index (χ2n) is 9.89. The average molecular weight is 580 g/mol. The van der Waals surface area contributed by atoms with Gasteiger partial charge in [-0.3, -0.25) is 0 Å². The first-order chi connectivity index (χ1) is 31.4. The Hall–Kier alpha value is -5.72. The van der Waals surface area contributed by atoms with Crippen LogP contribution < -0.4 is 0 Å². The van der Waals surface area contributed by atoms with Crippen LogP contribution in [0.3, 0.4) is 0 Å². The summed E-state index contributed by atoms with van der Waals surface area (Å²) in [4.78, 5) is 0. The normalized spacial score (nSPS) is 19.0. The smallest absolute Gasteiger partial charge is 0.0616 e. The Morgan fingerprint density at radius 1 is 0.295 bits per heavy atom. The van der Waals surface area contributed by atoms with Crippen molar-refractivity contribution in [1.82, 2.24) is 0 Å². The molecule has 0 aliphatic carbocycles. The quantitative estimate of drug-likeness (QED) is 0.144. The van der Waals surface area contributed by atoms with E-state index in [1.807, 2.05) is 0 Å². The van der Waals surface area contributed by atoms with Gasteiger partial charge in [-0.2, -0.15) is 0 Å². The van der Waals surface area contributed by atoms with Crippen LogP contribution in [0.15, 0.2) is 169 Å². The molecule has 204 valence electrons. The van der Waals surface area contributed by atoms with E-state index in [4.69, 9.17) is 21.9 Å². The molecule has 0 amide bonds. The van der Waals surface area contributed by atoms with E-state index >= 15 is 0 Å². The summed E-state index contributed by atoms with van der Waals surface area (Å²) in [6.07, 6.45) is 0. The highest BCUT2D eigenvalue weighted by atomic mass is 14.2. The predicted octanol–water partition coefficient (Wildman–Crippen LogP) is 12.5.